The monoisotopic (exact) mass is 354 g/mol. The van der Waals surface area contributed by atoms with Crippen molar-refractivity contribution in [2.24, 2.45) is 7.05 Å². The first kappa shape index (κ1) is 16.4. The molecule has 1 aromatic carbocycles. The number of ether oxygens (including phenoxy) is 2. The molecule has 0 saturated carbocycles. The second kappa shape index (κ2) is 5.45. The van der Waals surface area contributed by atoms with Gasteiger partial charge in [-0.15, -0.1) is 0 Å². The van der Waals surface area contributed by atoms with E-state index in [1.807, 2.05) is 19.9 Å². The van der Waals surface area contributed by atoms with Crippen LogP contribution in [0.3, 0.4) is 0 Å². The summed E-state index contributed by atoms with van der Waals surface area (Å²) in [6.45, 7) is 5.56. The first-order chi connectivity index (χ1) is 12.3. The summed E-state index contributed by atoms with van der Waals surface area (Å²) in [7, 11) is 1.64. The summed E-state index contributed by atoms with van der Waals surface area (Å²) in [4.78, 5) is 37.2. The van der Waals surface area contributed by atoms with Crippen LogP contribution in [0, 0.1) is 13.8 Å². The van der Waals surface area contributed by atoms with Crippen molar-refractivity contribution in [1.82, 2.24) is 9.13 Å². The molecular weight excluding hydrogens is 336 g/mol. The average Bonchev–Trinajstić information content (AvgIpc) is 2.98. The molecule has 0 aliphatic carbocycles. The zero-order chi connectivity index (χ0) is 18.7. The van der Waals surface area contributed by atoms with Gasteiger partial charge in [-0.25, -0.2) is 4.79 Å². The minimum absolute atomic E-state index is 0.178. The highest BCUT2D eigenvalue weighted by Crippen LogP contribution is 2.42. The quantitative estimate of drug-likeness (QED) is 0.519. The fourth-order valence-electron chi connectivity index (χ4n) is 3.60. The smallest absolute Gasteiger partial charge is 0.369 e. The van der Waals surface area contributed by atoms with E-state index in [0.29, 0.717) is 16.8 Å². The number of carbonyl (C=O) groups excluding carboxylic acids is 1. The van der Waals surface area contributed by atoms with Gasteiger partial charge in [0, 0.05) is 30.0 Å². The molecule has 1 aliphatic heterocycles. The second-order valence-corrected chi connectivity index (χ2v) is 6.48. The number of benzene rings is 1. The lowest BCUT2D eigenvalue weighted by Gasteiger charge is -2.13. The lowest BCUT2D eigenvalue weighted by molar-refractivity contribution is -0.155. The molecule has 4 rings (SSSR count). The highest BCUT2D eigenvalue weighted by molar-refractivity contribution is 6.06. The SMILES string of the molecule is CCOC(=O)C1Oc2c3c(cc4c(C)cc(=O)n1c24)c(C)cc(=O)n3C. The van der Waals surface area contributed by atoms with Crippen LogP contribution in [0.1, 0.15) is 24.3 Å². The zero-order valence-corrected chi connectivity index (χ0v) is 15.0. The molecule has 1 aliphatic rings. The highest BCUT2D eigenvalue weighted by atomic mass is 16.6. The maximum Gasteiger partial charge on any atom is 0.369 e. The van der Waals surface area contributed by atoms with E-state index in [2.05, 4.69) is 0 Å². The van der Waals surface area contributed by atoms with Gasteiger partial charge in [0.05, 0.1) is 12.1 Å². The molecule has 0 radical (unpaired) electrons. The van der Waals surface area contributed by atoms with Gasteiger partial charge in [-0.1, -0.05) is 0 Å². The molecule has 1 atom stereocenters. The number of carbonyl (C=O) groups is 1. The standard InChI is InChI=1S/C19H18N2O5/c1-5-25-19(24)18-21-14(23)7-10(3)12-8-11-9(2)6-13(22)20(4)15(11)17(26-18)16(12)21/h6-8,18H,5H2,1-4H3. The Hall–Kier alpha value is -3.09. The molecule has 3 heterocycles. The minimum Gasteiger partial charge on any atom is -0.462 e. The Labute approximate surface area is 148 Å². The van der Waals surface area contributed by atoms with Crippen LogP contribution in [0.25, 0.3) is 21.8 Å². The van der Waals surface area contributed by atoms with Crippen molar-refractivity contribution >= 4 is 27.8 Å². The van der Waals surface area contributed by atoms with Crippen molar-refractivity contribution < 1.29 is 14.3 Å². The summed E-state index contributed by atoms with van der Waals surface area (Å²) in [5.41, 5.74) is 2.14. The third-order valence-electron chi connectivity index (χ3n) is 4.86. The molecule has 0 bridgehead atoms. The predicted octanol–water partition coefficient (Wildman–Crippen LogP) is 1.92. The van der Waals surface area contributed by atoms with Crippen molar-refractivity contribution in [1.29, 1.82) is 0 Å². The summed E-state index contributed by atoms with van der Waals surface area (Å²) in [6.07, 6.45) is -1.19. The van der Waals surface area contributed by atoms with Crippen molar-refractivity contribution in [3.05, 3.63) is 50.0 Å². The van der Waals surface area contributed by atoms with Crippen molar-refractivity contribution in [3.63, 3.8) is 0 Å². The van der Waals surface area contributed by atoms with Gasteiger partial charge >= 0.3 is 5.97 Å². The first-order valence-corrected chi connectivity index (χ1v) is 8.37. The summed E-state index contributed by atoms with van der Waals surface area (Å²) < 4.78 is 13.8. The molecule has 0 N–H and O–H groups in total. The molecule has 1 unspecified atom stereocenters. The third-order valence-corrected chi connectivity index (χ3v) is 4.86. The first-order valence-electron chi connectivity index (χ1n) is 8.37. The number of nitrogens with zero attached hydrogens (tertiary/aromatic N) is 2. The van der Waals surface area contributed by atoms with Crippen LogP contribution in [0.4, 0.5) is 0 Å². The molecule has 3 aromatic rings. The van der Waals surface area contributed by atoms with Gasteiger partial charge in [0.25, 0.3) is 17.3 Å². The Bertz CT molecular complexity index is 1220. The van der Waals surface area contributed by atoms with Gasteiger partial charge in [-0.2, -0.15) is 0 Å². The lowest BCUT2D eigenvalue weighted by atomic mass is 10.0. The minimum atomic E-state index is -1.19. The van der Waals surface area contributed by atoms with E-state index in [1.54, 1.807) is 20.0 Å². The largest absolute Gasteiger partial charge is 0.462 e. The molecular formula is C19H18N2O5. The Morgan fingerprint density at radius 2 is 1.69 bits per heavy atom. The van der Waals surface area contributed by atoms with Crippen LogP contribution in [-0.4, -0.2) is 21.7 Å². The molecule has 0 spiro atoms. The van der Waals surface area contributed by atoms with E-state index >= 15 is 0 Å². The number of aryl methyl sites for hydroxylation is 3. The Kier molecular flexibility index (Phi) is 3.44. The molecule has 0 saturated heterocycles. The normalized spacial score (nSPS) is 15.5. The fourth-order valence-corrected chi connectivity index (χ4v) is 3.60. The van der Waals surface area contributed by atoms with Crippen LogP contribution in [0.2, 0.25) is 0 Å². The van der Waals surface area contributed by atoms with Crippen LogP contribution in [-0.2, 0) is 16.6 Å². The van der Waals surface area contributed by atoms with Crippen molar-refractivity contribution in [2.75, 3.05) is 6.61 Å². The lowest BCUT2D eigenvalue weighted by Crippen LogP contribution is -2.31. The average molecular weight is 354 g/mol. The second-order valence-electron chi connectivity index (χ2n) is 6.48. The Morgan fingerprint density at radius 1 is 1.08 bits per heavy atom. The highest BCUT2D eigenvalue weighted by Gasteiger charge is 2.36. The predicted molar refractivity (Wildman–Crippen MR) is 96.7 cm³/mol. The van der Waals surface area contributed by atoms with Crippen LogP contribution >= 0.6 is 0 Å². The Balaban J connectivity index is 2.21. The number of rotatable bonds is 2. The van der Waals surface area contributed by atoms with Crippen molar-refractivity contribution in [3.8, 4) is 5.75 Å². The summed E-state index contributed by atoms with van der Waals surface area (Å²) >= 11 is 0. The van der Waals surface area contributed by atoms with Crippen LogP contribution in [0.15, 0.2) is 27.8 Å². The maximum absolute atomic E-state index is 12.6. The van der Waals surface area contributed by atoms with E-state index in [9.17, 15) is 14.4 Å². The van der Waals surface area contributed by atoms with E-state index in [1.165, 1.54) is 15.2 Å². The van der Waals surface area contributed by atoms with Crippen LogP contribution < -0.4 is 15.9 Å². The zero-order valence-electron chi connectivity index (χ0n) is 15.0. The fraction of sp³-hybridized carbons (Fsp3) is 0.316. The molecule has 134 valence electrons. The van der Waals surface area contributed by atoms with Gasteiger partial charge in [0.2, 0.25) is 0 Å². The molecule has 7 nitrogen and oxygen atoms in total. The number of pyridine rings is 2. The Morgan fingerprint density at radius 3 is 2.35 bits per heavy atom. The van der Waals surface area contributed by atoms with Gasteiger partial charge < -0.3 is 14.0 Å². The van der Waals surface area contributed by atoms with Gasteiger partial charge in [-0.05, 0) is 38.0 Å². The summed E-state index contributed by atoms with van der Waals surface area (Å²) in [5, 5.41) is 1.65. The number of aromatic nitrogens is 2. The molecule has 0 amide bonds. The number of esters is 1. The maximum atomic E-state index is 12.6. The van der Waals surface area contributed by atoms with Gasteiger partial charge in [0.15, 0.2) is 5.75 Å². The topological polar surface area (TPSA) is 79.5 Å². The van der Waals surface area contributed by atoms with Crippen molar-refractivity contribution in [2.45, 2.75) is 27.0 Å². The summed E-state index contributed by atoms with van der Waals surface area (Å²) in [5.74, 6) is -0.276. The molecule has 26 heavy (non-hydrogen) atoms. The molecule has 0 fully saturated rings. The van der Waals surface area contributed by atoms with E-state index in [-0.39, 0.29) is 17.7 Å². The van der Waals surface area contributed by atoms with Gasteiger partial charge in [0.1, 0.15) is 5.52 Å². The van der Waals surface area contributed by atoms with Gasteiger partial charge in [-0.3, -0.25) is 14.2 Å². The van der Waals surface area contributed by atoms with E-state index in [0.717, 1.165) is 21.9 Å². The third kappa shape index (κ3) is 2.03. The molecule has 2 aromatic heterocycles. The summed E-state index contributed by atoms with van der Waals surface area (Å²) in [6, 6.07) is 4.98. The van der Waals surface area contributed by atoms with E-state index in [4.69, 9.17) is 9.47 Å². The number of hydrogen-bond donors (Lipinski definition) is 0. The van der Waals surface area contributed by atoms with Crippen LogP contribution in [0.5, 0.6) is 5.75 Å². The number of fused-ring (bicyclic) bond motifs is 2. The molecule has 7 heteroatoms. The van der Waals surface area contributed by atoms with E-state index < -0.39 is 12.2 Å². The number of hydrogen-bond acceptors (Lipinski definition) is 5.